The Morgan fingerprint density at radius 1 is 0.959 bits per heavy atom. The highest BCUT2D eigenvalue weighted by atomic mass is 32.1. The van der Waals surface area contributed by atoms with Gasteiger partial charge in [-0.25, -0.2) is 0 Å². The van der Waals surface area contributed by atoms with Crippen LogP contribution in [0.2, 0.25) is 0 Å². The number of piperidine rings is 1. The van der Waals surface area contributed by atoms with Crippen molar-refractivity contribution in [3.63, 3.8) is 0 Å². The van der Waals surface area contributed by atoms with E-state index in [9.17, 15) is 51.9 Å². The minimum absolute atomic E-state index is 0.0937. The number of carbonyl (C=O) groups excluding carboxylic acids is 6. The monoisotopic (exact) mass is 1060 g/mol. The number of halogens is 2. The molecular formula is C54H62F2N5O11PS. The molecule has 5 atom stereocenters. The topological polar surface area (TPSA) is 212 Å². The van der Waals surface area contributed by atoms with E-state index in [1.165, 1.54) is 21.9 Å². The number of carbonyl (C=O) groups is 6. The lowest BCUT2D eigenvalue weighted by Gasteiger charge is -2.38. The molecule has 20 heteroatoms. The van der Waals surface area contributed by atoms with Crippen molar-refractivity contribution in [1.82, 2.24) is 25.3 Å². The van der Waals surface area contributed by atoms with E-state index in [0.29, 0.717) is 42.9 Å². The number of rotatable bonds is 17. The van der Waals surface area contributed by atoms with Gasteiger partial charge in [0, 0.05) is 66.9 Å². The van der Waals surface area contributed by atoms with Crippen molar-refractivity contribution in [3.05, 3.63) is 105 Å². The summed E-state index contributed by atoms with van der Waals surface area (Å²) in [5, 5.41) is 5.37. The summed E-state index contributed by atoms with van der Waals surface area (Å²) in [7, 11) is -5.83. The van der Waals surface area contributed by atoms with Gasteiger partial charge in [-0.05, 0) is 71.5 Å². The number of nitrogens with one attached hydrogen (secondary N) is 2. The summed E-state index contributed by atoms with van der Waals surface area (Å²) < 4.78 is 53.6. The number of ether oxygens (including phenoxy) is 2. The zero-order valence-corrected chi connectivity index (χ0v) is 43.4. The number of thiophene rings is 1. The van der Waals surface area contributed by atoms with Crippen molar-refractivity contribution in [1.29, 1.82) is 0 Å². The van der Waals surface area contributed by atoms with Crippen LogP contribution in [0.5, 0.6) is 0 Å². The molecule has 1 aromatic heterocycles. The second kappa shape index (κ2) is 22.9. The predicted molar refractivity (Wildman–Crippen MR) is 272 cm³/mol. The number of morpholine rings is 1. The number of likely N-dealkylation sites (tertiary alicyclic amines) is 1. The Bertz CT molecular complexity index is 2890. The first-order valence-electron chi connectivity index (χ1n) is 25.1. The maximum Gasteiger partial charge on any atom is 0.399 e. The third kappa shape index (κ3) is 12.3. The molecule has 4 aliphatic heterocycles. The molecule has 74 heavy (non-hydrogen) atoms. The second-order valence-electron chi connectivity index (χ2n) is 20.4. The number of unbranched alkanes of at least 4 members (excludes halogenated alkanes) is 6. The van der Waals surface area contributed by atoms with Crippen molar-refractivity contribution in [3.8, 4) is 11.8 Å². The third-order valence-corrected chi connectivity index (χ3v) is 16.2. The fourth-order valence-corrected chi connectivity index (χ4v) is 11.4. The summed E-state index contributed by atoms with van der Waals surface area (Å²) in [6, 6.07) is 16.8. The molecule has 0 saturated carbocycles. The lowest BCUT2D eigenvalue weighted by atomic mass is 9.85. The van der Waals surface area contributed by atoms with Gasteiger partial charge in [0.1, 0.15) is 24.2 Å². The van der Waals surface area contributed by atoms with Gasteiger partial charge in [-0.15, -0.1) is 11.3 Å². The van der Waals surface area contributed by atoms with Crippen LogP contribution in [0.15, 0.2) is 72.8 Å². The van der Waals surface area contributed by atoms with E-state index in [1.54, 1.807) is 37.8 Å². The van der Waals surface area contributed by atoms with Crippen LogP contribution in [0.3, 0.4) is 0 Å². The van der Waals surface area contributed by atoms with Crippen LogP contribution in [0.25, 0.3) is 10.1 Å². The van der Waals surface area contributed by atoms with Crippen molar-refractivity contribution in [2.24, 2.45) is 5.41 Å². The maximum atomic E-state index is 14.8. The van der Waals surface area contributed by atoms with Gasteiger partial charge in [0.15, 0.2) is 0 Å². The van der Waals surface area contributed by atoms with E-state index < -0.39 is 66.2 Å². The second-order valence-corrected chi connectivity index (χ2v) is 23.1. The lowest BCUT2D eigenvalue weighted by molar-refractivity contribution is -0.150. The number of alkyl halides is 2. The van der Waals surface area contributed by atoms with Gasteiger partial charge in [-0.3, -0.25) is 38.6 Å². The smallest absolute Gasteiger partial charge is 0.376 e. The Hall–Kier alpha value is -5.87. The maximum absolute atomic E-state index is 14.8. The quantitative estimate of drug-likeness (QED) is 0.0354. The van der Waals surface area contributed by atoms with Crippen molar-refractivity contribution >= 4 is 64.5 Å². The Morgan fingerprint density at radius 3 is 2.43 bits per heavy atom. The van der Waals surface area contributed by atoms with Crippen LogP contribution in [0, 0.1) is 17.3 Å². The Morgan fingerprint density at radius 2 is 1.70 bits per heavy atom. The fraction of sp³-hybridized carbons (Fsp3) is 0.481. The van der Waals surface area contributed by atoms with E-state index in [2.05, 4.69) is 22.5 Å². The molecule has 0 aliphatic carbocycles. The number of hydrogen-bond acceptors (Lipinski definition) is 10. The minimum atomic E-state index is -5.83. The first kappa shape index (κ1) is 54.4. The third-order valence-electron chi connectivity index (χ3n) is 14.1. The molecule has 16 nitrogen and oxygen atoms in total. The molecule has 4 N–H and O–H groups in total. The summed E-state index contributed by atoms with van der Waals surface area (Å²) >= 11 is 0.979. The Balaban J connectivity index is 0.853. The van der Waals surface area contributed by atoms with Crippen LogP contribution >= 0.6 is 18.9 Å². The van der Waals surface area contributed by atoms with E-state index in [-0.39, 0.29) is 66.6 Å². The molecule has 3 saturated heterocycles. The van der Waals surface area contributed by atoms with Gasteiger partial charge in [0.2, 0.25) is 23.6 Å². The van der Waals surface area contributed by atoms with Crippen LogP contribution in [-0.4, -0.2) is 117 Å². The van der Waals surface area contributed by atoms with Crippen molar-refractivity contribution < 1.29 is 61.4 Å². The predicted octanol–water partition coefficient (Wildman–Crippen LogP) is 7.40. The molecule has 0 spiro atoms. The highest BCUT2D eigenvalue weighted by molar-refractivity contribution is 7.52. The highest BCUT2D eigenvalue weighted by Crippen LogP contribution is 2.59. The largest absolute Gasteiger partial charge is 0.399 e. The molecule has 4 aromatic rings. The average molecular weight is 1060 g/mol. The Kier molecular flexibility index (Phi) is 16.9. The SMILES string of the molecule is CC(C)(C)[C@H](NC(=O)c1cc2cc(C(F)(F)P(=O)(O)O)ccc2s1)C(=O)N1C[C@@H](OCCCCCCCCC#Cc2cccc3c2CN(C2CCC(=O)NC2=O)C3=O)C[C@H]1C(=O)N1CCOC(c2ccccc2)C1. The molecule has 394 valence electrons. The molecule has 6 amide bonds. The fourth-order valence-electron chi connectivity index (χ4n) is 9.99. The average Bonchev–Trinajstić information content (AvgIpc) is 4.09. The molecular weight excluding hydrogens is 996 g/mol. The van der Waals surface area contributed by atoms with Crippen LogP contribution in [0.1, 0.15) is 133 Å². The van der Waals surface area contributed by atoms with Gasteiger partial charge < -0.3 is 39.3 Å². The van der Waals surface area contributed by atoms with Crippen LogP contribution < -0.4 is 10.6 Å². The number of fused-ring (bicyclic) bond motifs is 2. The highest BCUT2D eigenvalue weighted by Gasteiger charge is 2.51. The molecule has 8 rings (SSSR count). The number of nitrogens with zero attached hydrogens (tertiary/aromatic N) is 3. The number of imide groups is 1. The van der Waals surface area contributed by atoms with Crippen molar-refractivity contribution in [2.45, 2.75) is 128 Å². The molecule has 3 aromatic carbocycles. The molecule has 0 radical (unpaired) electrons. The van der Waals surface area contributed by atoms with E-state index in [1.807, 2.05) is 36.4 Å². The summed E-state index contributed by atoms with van der Waals surface area (Å²) in [5.74, 6) is 4.10. The summed E-state index contributed by atoms with van der Waals surface area (Å²) in [6.07, 6.45) is 6.16. The van der Waals surface area contributed by atoms with Gasteiger partial charge in [0.05, 0.1) is 24.1 Å². The van der Waals surface area contributed by atoms with Gasteiger partial charge in [-0.2, -0.15) is 8.78 Å². The lowest BCUT2D eigenvalue weighted by Crippen LogP contribution is -2.58. The first-order chi connectivity index (χ1) is 35.2. The van der Waals surface area contributed by atoms with Gasteiger partial charge in [0.25, 0.3) is 11.8 Å². The normalized spacial score (nSPS) is 20.8. The van der Waals surface area contributed by atoms with E-state index >= 15 is 0 Å². The van der Waals surface area contributed by atoms with Gasteiger partial charge in [-0.1, -0.05) is 101 Å². The van der Waals surface area contributed by atoms with Crippen molar-refractivity contribution in [2.75, 3.05) is 32.8 Å². The summed E-state index contributed by atoms with van der Waals surface area (Å²) in [4.78, 5) is 104. The van der Waals surface area contributed by atoms with E-state index in [4.69, 9.17) is 9.47 Å². The molecule has 5 heterocycles. The minimum Gasteiger partial charge on any atom is -0.376 e. The molecule has 4 aliphatic rings. The zero-order chi connectivity index (χ0) is 53.0. The number of benzene rings is 3. The van der Waals surface area contributed by atoms with Crippen LogP contribution in [0.4, 0.5) is 8.78 Å². The summed E-state index contributed by atoms with van der Waals surface area (Å²) in [6.45, 7) is 7.11. The van der Waals surface area contributed by atoms with E-state index in [0.717, 1.165) is 78.7 Å². The Labute approximate surface area is 432 Å². The molecule has 2 unspecified atom stereocenters. The summed E-state index contributed by atoms with van der Waals surface area (Å²) in [5.41, 5.74) is -3.16. The number of amides is 6. The first-order valence-corrected chi connectivity index (χ1v) is 27.6. The standard InChI is InChI=1S/C54H62F2N5O11PS/c1-53(2,3)47(58-49(64)45-29-36-28-37(21-23-44(36)74-45)54(55,56)73(68,69)70)52(67)60-31-38(30-42(60)51(66)59-25-27-72-43(33-59)35-17-12-10-13-18-35)71-26-14-9-7-5-4-6-8-11-16-34-19-15-20-39-40(34)32-61(50(39)65)41-22-24-46(62)57-48(41)63/h10,12-13,15,17-21,23,28-29,38,41-43,47H,4-9,14,22,24-27,30-33H2,1-3H3,(H,58,64)(H,57,62,63)(H2,68,69,70)/t38-,41?,42-,43?,47+/m0/s1. The molecule has 3 fully saturated rings. The number of hydrogen-bond donors (Lipinski definition) is 4. The van der Waals surface area contributed by atoms with Crippen LogP contribution in [-0.2, 0) is 45.4 Å². The zero-order valence-electron chi connectivity index (χ0n) is 41.7. The molecule has 0 bridgehead atoms. The van der Waals surface area contributed by atoms with Gasteiger partial charge >= 0.3 is 13.3 Å².